The number of nitrogens with two attached hydrogens (primary N) is 1. The van der Waals surface area contributed by atoms with Crippen molar-refractivity contribution in [3.05, 3.63) is 47.7 Å². The Hall–Kier alpha value is -3.03. The van der Waals surface area contributed by atoms with Gasteiger partial charge in [0, 0.05) is 49.4 Å². The molecule has 0 aromatic carbocycles. The smallest absolute Gasteiger partial charge is 0.248 e. The summed E-state index contributed by atoms with van der Waals surface area (Å²) in [6.07, 6.45) is 8.62. The van der Waals surface area contributed by atoms with Crippen molar-refractivity contribution in [1.29, 1.82) is 0 Å². The van der Waals surface area contributed by atoms with Gasteiger partial charge in [-0.2, -0.15) is 0 Å². The molecule has 2 N–H and O–H groups in total. The summed E-state index contributed by atoms with van der Waals surface area (Å²) in [5.41, 5.74) is 7.59. The molecule has 4 rings (SSSR count). The summed E-state index contributed by atoms with van der Waals surface area (Å²) in [6, 6.07) is 3.39. The predicted octanol–water partition coefficient (Wildman–Crippen LogP) is 1.69. The van der Waals surface area contributed by atoms with E-state index in [-0.39, 0.29) is 11.3 Å². The number of hydrogen-bond acceptors (Lipinski definition) is 6. The number of aryl methyl sites for hydroxylation is 1. The maximum absolute atomic E-state index is 12.6. The molecule has 0 bridgehead atoms. The van der Waals surface area contributed by atoms with Crippen molar-refractivity contribution in [2.24, 2.45) is 11.1 Å². The molecular weight excluding hydrogens is 368 g/mol. The molecule has 2 aromatic heterocycles. The van der Waals surface area contributed by atoms with Crippen molar-refractivity contribution in [3.8, 4) is 0 Å². The van der Waals surface area contributed by atoms with Crippen LogP contribution in [0.3, 0.4) is 0 Å². The Balaban J connectivity index is 1.51. The Kier molecular flexibility index (Phi) is 5.17. The van der Waals surface area contributed by atoms with E-state index in [0.717, 1.165) is 49.6 Å². The molecule has 2 saturated heterocycles. The average Bonchev–Trinajstić information content (AvgIpc) is 2.73. The van der Waals surface area contributed by atoms with E-state index in [0.29, 0.717) is 25.1 Å². The van der Waals surface area contributed by atoms with Crippen molar-refractivity contribution in [1.82, 2.24) is 19.9 Å². The normalized spacial score (nSPS) is 22.2. The summed E-state index contributed by atoms with van der Waals surface area (Å²) in [6.45, 7) is 4.78. The first-order valence-electron chi connectivity index (χ1n) is 10.0. The van der Waals surface area contributed by atoms with E-state index < -0.39 is 5.91 Å². The highest BCUT2D eigenvalue weighted by atomic mass is 16.2. The molecule has 8 heteroatoms. The first-order chi connectivity index (χ1) is 13.9. The third kappa shape index (κ3) is 4.21. The fourth-order valence-corrected chi connectivity index (χ4v) is 4.42. The SMILES string of the molecule is Cc1cnc(CN2C[C@@]3(CCCN(c4cc(C(N)=O)ccn4)C3)CCC2=O)cn1. The topological polar surface area (TPSA) is 105 Å². The van der Waals surface area contributed by atoms with Gasteiger partial charge in [-0.1, -0.05) is 0 Å². The Labute approximate surface area is 170 Å². The number of nitrogens with zero attached hydrogens (tertiary/aromatic N) is 5. The number of hydrogen-bond donors (Lipinski definition) is 1. The number of rotatable bonds is 4. The van der Waals surface area contributed by atoms with Crippen molar-refractivity contribution in [2.75, 3.05) is 24.5 Å². The van der Waals surface area contributed by atoms with Gasteiger partial charge in [-0.25, -0.2) is 4.98 Å². The third-order valence-electron chi connectivity index (χ3n) is 5.95. The number of piperidine rings is 2. The van der Waals surface area contributed by atoms with Gasteiger partial charge in [-0.05, 0) is 38.3 Å². The second-order valence-electron chi connectivity index (χ2n) is 8.19. The molecule has 2 aliphatic heterocycles. The maximum atomic E-state index is 12.6. The van der Waals surface area contributed by atoms with Crippen molar-refractivity contribution >= 4 is 17.6 Å². The van der Waals surface area contributed by atoms with Gasteiger partial charge in [0.2, 0.25) is 11.8 Å². The molecule has 2 fully saturated rings. The van der Waals surface area contributed by atoms with Gasteiger partial charge in [0.15, 0.2) is 0 Å². The zero-order valence-electron chi connectivity index (χ0n) is 16.7. The number of pyridine rings is 1. The lowest BCUT2D eigenvalue weighted by atomic mass is 9.73. The Bertz CT molecular complexity index is 916. The van der Waals surface area contributed by atoms with Gasteiger partial charge >= 0.3 is 0 Å². The molecule has 0 unspecified atom stereocenters. The van der Waals surface area contributed by atoms with E-state index in [9.17, 15) is 9.59 Å². The summed E-state index contributed by atoms with van der Waals surface area (Å²) >= 11 is 0. The molecule has 0 radical (unpaired) electrons. The summed E-state index contributed by atoms with van der Waals surface area (Å²) in [5.74, 6) is 0.492. The van der Waals surface area contributed by atoms with Gasteiger partial charge in [0.1, 0.15) is 5.82 Å². The maximum Gasteiger partial charge on any atom is 0.248 e. The standard InChI is InChI=1S/C21H26N6O2/c1-15-10-25-17(11-24-15)12-27-14-21(6-3-19(27)28)5-2-8-26(13-21)18-9-16(20(22)29)4-7-23-18/h4,7,9-11H,2-3,5-6,8,12-14H2,1H3,(H2,22,29)/t21-/m0/s1. The number of anilines is 1. The van der Waals surface area contributed by atoms with E-state index in [1.807, 2.05) is 11.8 Å². The Morgan fingerprint density at radius 1 is 1.21 bits per heavy atom. The highest BCUT2D eigenvalue weighted by Gasteiger charge is 2.42. The van der Waals surface area contributed by atoms with Crippen LogP contribution in [0.1, 0.15) is 47.4 Å². The lowest BCUT2D eigenvalue weighted by Crippen LogP contribution is -2.54. The first kappa shape index (κ1) is 19.3. The molecule has 8 nitrogen and oxygen atoms in total. The molecule has 2 aromatic rings. The molecule has 29 heavy (non-hydrogen) atoms. The van der Waals surface area contributed by atoms with Crippen LogP contribution >= 0.6 is 0 Å². The zero-order valence-corrected chi connectivity index (χ0v) is 16.7. The predicted molar refractivity (Wildman–Crippen MR) is 108 cm³/mol. The fourth-order valence-electron chi connectivity index (χ4n) is 4.42. The highest BCUT2D eigenvalue weighted by Crippen LogP contribution is 2.40. The van der Waals surface area contributed by atoms with Crippen LogP contribution in [-0.2, 0) is 11.3 Å². The quantitative estimate of drug-likeness (QED) is 0.846. The van der Waals surface area contributed by atoms with Crippen LogP contribution in [-0.4, -0.2) is 51.3 Å². The van der Waals surface area contributed by atoms with Gasteiger partial charge < -0.3 is 15.5 Å². The molecule has 2 amide bonds. The lowest BCUT2D eigenvalue weighted by Gasteiger charge is -2.48. The first-order valence-corrected chi connectivity index (χ1v) is 10.0. The van der Waals surface area contributed by atoms with Crippen LogP contribution in [0.5, 0.6) is 0 Å². The van der Waals surface area contributed by atoms with Crippen LogP contribution in [0.25, 0.3) is 0 Å². The molecule has 1 atom stereocenters. The summed E-state index contributed by atoms with van der Waals surface area (Å²) in [4.78, 5) is 41.4. The third-order valence-corrected chi connectivity index (χ3v) is 5.95. The molecule has 0 saturated carbocycles. The number of aromatic nitrogens is 3. The molecule has 2 aliphatic rings. The van der Waals surface area contributed by atoms with Crippen molar-refractivity contribution < 1.29 is 9.59 Å². The number of likely N-dealkylation sites (tertiary alicyclic amines) is 1. The summed E-state index contributed by atoms with van der Waals surface area (Å²) < 4.78 is 0. The Morgan fingerprint density at radius 3 is 2.83 bits per heavy atom. The van der Waals surface area contributed by atoms with Crippen LogP contribution in [0.4, 0.5) is 5.82 Å². The summed E-state index contributed by atoms with van der Waals surface area (Å²) in [7, 11) is 0. The molecule has 1 spiro atoms. The van der Waals surface area contributed by atoms with Crippen molar-refractivity contribution in [2.45, 2.75) is 39.2 Å². The highest BCUT2D eigenvalue weighted by molar-refractivity contribution is 5.93. The largest absolute Gasteiger partial charge is 0.366 e. The van der Waals surface area contributed by atoms with Crippen LogP contribution in [0, 0.1) is 12.3 Å². The zero-order chi connectivity index (χ0) is 20.4. The van der Waals surface area contributed by atoms with Gasteiger partial charge in [-0.15, -0.1) is 0 Å². The molecular formula is C21H26N6O2. The fraction of sp³-hybridized carbons (Fsp3) is 0.476. The number of carbonyl (C=O) groups excluding carboxylic acids is 2. The van der Waals surface area contributed by atoms with E-state index in [1.54, 1.807) is 30.7 Å². The second-order valence-corrected chi connectivity index (χ2v) is 8.19. The van der Waals surface area contributed by atoms with E-state index in [1.165, 1.54) is 0 Å². The molecule has 0 aliphatic carbocycles. The van der Waals surface area contributed by atoms with Gasteiger partial charge in [0.05, 0.1) is 24.1 Å². The number of carbonyl (C=O) groups is 2. The summed E-state index contributed by atoms with van der Waals surface area (Å²) in [5, 5.41) is 0. The van der Waals surface area contributed by atoms with E-state index >= 15 is 0 Å². The Morgan fingerprint density at radius 2 is 2.07 bits per heavy atom. The van der Waals surface area contributed by atoms with E-state index in [2.05, 4.69) is 19.9 Å². The van der Waals surface area contributed by atoms with Crippen LogP contribution in [0.2, 0.25) is 0 Å². The monoisotopic (exact) mass is 394 g/mol. The van der Waals surface area contributed by atoms with Crippen LogP contribution in [0.15, 0.2) is 30.7 Å². The van der Waals surface area contributed by atoms with E-state index in [4.69, 9.17) is 5.73 Å². The lowest BCUT2D eigenvalue weighted by molar-refractivity contribution is -0.138. The minimum absolute atomic E-state index is 0.0225. The minimum atomic E-state index is -0.450. The molecule has 152 valence electrons. The van der Waals surface area contributed by atoms with Crippen LogP contribution < -0.4 is 10.6 Å². The molecule has 4 heterocycles. The minimum Gasteiger partial charge on any atom is -0.366 e. The number of amides is 2. The average molecular weight is 394 g/mol. The van der Waals surface area contributed by atoms with Gasteiger partial charge in [-0.3, -0.25) is 19.6 Å². The second kappa shape index (κ2) is 7.77. The number of primary amides is 1. The van der Waals surface area contributed by atoms with Gasteiger partial charge in [0.25, 0.3) is 0 Å². The van der Waals surface area contributed by atoms with Crippen molar-refractivity contribution in [3.63, 3.8) is 0 Å².